The van der Waals surface area contributed by atoms with Crippen LogP contribution in [0.15, 0.2) is 119 Å². The van der Waals surface area contributed by atoms with E-state index in [9.17, 15) is 9.59 Å². The third kappa shape index (κ3) is 4.97. The highest BCUT2D eigenvalue weighted by Crippen LogP contribution is 2.34. The highest BCUT2D eigenvalue weighted by molar-refractivity contribution is 6.34. The third-order valence-corrected chi connectivity index (χ3v) is 7.46. The van der Waals surface area contributed by atoms with E-state index >= 15 is 0 Å². The van der Waals surface area contributed by atoms with Crippen LogP contribution in [0.5, 0.6) is 0 Å². The molecule has 4 aromatic carbocycles. The molecule has 2 heterocycles. The van der Waals surface area contributed by atoms with Gasteiger partial charge in [0.25, 0.3) is 11.5 Å². The van der Waals surface area contributed by atoms with Gasteiger partial charge < -0.3 is 4.98 Å². The van der Waals surface area contributed by atoms with Crippen LogP contribution in [-0.4, -0.2) is 27.7 Å². The van der Waals surface area contributed by atoms with E-state index in [0.717, 1.165) is 22.1 Å². The first-order chi connectivity index (χ1) is 19.5. The molecule has 1 aliphatic heterocycles. The summed E-state index contributed by atoms with van der Waals surface area (Å²) in [5.41, 5.74) is 4.20. The van der Waals surface area contributed by atoms with Crippen molar-refractivity contribution in [3.63, 3.8) is 0 Å². The van der Waals surface area contributed by atoms with Gasteiger partial charge in [0.05, 0.1) is 27.9 Å². The molecule has 0 saturated heterocycles. The lowest BCUT2D eigenvalue weighted by atomic mass is 9.92. The summed E-state index contributed by atoms with van der Waals surface area (Å²) in [5.74, 6) is -0.343. The number of carbonyl (C=O) groups excluding carboxylic acids is 1. The van der Waals surface area contributed by atoms with Crippen molar-refractivity contribution in [3.05, 3.63) is 146 Å². The molecule has 0 fully saturated rings. The predicted octanol–water partition coefficient (Wildman–Crippen LogP) is 7.83. The predicted molar refractivity (Wildman–Crippen MR) is 163 cm³/mol. The second-order valence-corrected chi connectivity index (χ2v) is 10.3. The molecule has 6 rings (SSSR count). The van der Waals surface area contributed by atoms with Crippen molar-refractivity contribution >= 4 is 51.8 Å². The Hall–Kier alpha value is -4.45. The number of H-pyrrole nitrogens is 1. The number of nitrogens with one attached hydrogen (secondary N) is 1. The molecule has 0 saturated carbocycles. The second kappa shape index (κ2) is 11.0. The first kappa shape index (κ1) is 25.8. The summed E-state index contributed by atoms with van der Waals surface area (Å²) in [5, 5.41) is 7.89. The minimum atomic E-state index is -0.433. The number of aromatic amines is 1. The SMILES string of the molecule is O=C(c1ccccc1Cl)N1N=C(c2c(-c3ccccc3)c3cc(Cl)ccc3[nH]c2=O)CC1C=Cc1ccccc1. The number of amides is 1. The molecule has 5 aromatic rings. The largest absolute Gasteiger partial charge is 0.321 e. The molecule has 40 heavy (non-hydrogen) atoms. The van der Waals surface area contributed by atoms with Crippen molar-refractivity contribution in [2.75, 3.05) is 0 Å². The minimum absolute atomic E-state index is 0.287. The Kier molecular flexibility index (Phi) is 7.08. The molecule has 7 heteroatoms. The van der Waals surface area contributed by atoms with Gasteiger partial charge in [0.2, 0.25) is 0 Å². The Labute approximate surface area is 241 Å². The van der Waals surface area contributed by atoms with E-state index in [0.29, 0.717) is 38.8 Å². The van der Waals surface area contributed by atoms with Crippen LogP contribution in [0, 0.1) is 0 Å². The fourth-order valence-electron chi connectivity index (χ4n) is 5.02. The highest BCUT2D eigenvalue weighted by atomic mass is 35.5. The standard InChI is InChI=1S/C33H23Cl2N3O2/c34-23-16-18-28-26(19-23)30(22-11-5-2-6-12-22)31(32(39)36-28)29-20-24(17-15-21-9-3-1-4-10-21)38(37-29)33(40)25-13-7-8-14-27(25)35/h1-19,24H,20H2,(H,36,39). The molecule has 196 valence electrons. The van der Waals surface area contributed by atoms with Crippen molar-refractivity contribution in [2.24, 2.45) is 5.10 Å². The van der Waals surface area contributed by atoms with E-state index in [1.807, 2.05) is 78.9 Å². The summed E-state index contributed by atoms with van der Waals surface area (Å²) in [7, 11) is 0. The van der Waals surface area contributed by atoms with Gasteiger partial charge in [-0.3, -0.25) is 9.59 Å². The van der Waals surface area contributed by atoms with Gasteiger partial charge in [0, 0.05) is 27.9 Å². The number of benzene rings is 4. The van der Waals surface area contributed by atoms with Crippen molar-refractivity contribution in [1.82, 2.24) is 9.99 Å². The number of nitrogens with zero attached hydrogens (tertiary/aromatic N) is 2. The van der Waals surface area contributed by atoms with Crippen LogP contribution in [0.1, 0.15) is 27.9 Å². The zero-order valence-electron chi connectivity index (χ0n) is 21.2. The van der Waals surface area contributed by atoms with E-state index in [2.05, 4.69) is 4.98 Å². The fourth-order valence-corrected chi connectivity index (χ4v) is 5.41. The number of carbonyl (C=O) groups is 1. The lowest BCUT2D eigenvalue weighted by Crippen LogP contribution is -2.31. The van der Waals surface area contributed by atoms with Crippen LogP contribution in [0.4, 0.5) is 0 Å². The van der Waals surface area contributed by atoms with Crippen LogP contribution in [-0.2, 0) is 0 Å². The first-order valence-corrected chi connectivity index (χ1v) is 13.6. The topological polar surface area (TPSA) is 65.5 Å². The third-order valence-electron chi connectivity index (χ3n) is 6.90. The average molecular weight is 564 g/mol. The van der Waals surface area contributed by atoms with Crippen molar-refractivity contribution in [3.8, 4) is 11.1 Å². The number of fused-ring (bicyclic) bond motifs is 1. The zero-order chi connectivity index (χ0) is 27.6. The summed E-state index contributed by atoms with van der Waals surface area (Å²) < 4.78 is 0. The highest BCUT2D eigenvalue weighted by Gasteiger charge is 2.34. The quantitative estimate of drug-likeness (QED) is 0.236. The van der Waals surface area contributed by atoms with Gasteiger partial charge in [-0.1, -0.05) is 108 Å². The summed E-state index contributed by atoms with van der Waals surface area (Å²) in [6.07, 6.45) is 4.24. The first-order valence-electron chi connectivity index (χ1n) is 12.8. The summed E-state index contributed by atoms with van der Waals surface area (Å²) in [4.78, 5) is 30.4. The summed E-state index contributed by atoms with van der Waals surface area (Å²) in [6.45, 7) is 0. The minimum Gasteiger partial charge on any atom is -0.321 e. The van der Waals surface area contributed by atoms with Gasteiger partial charge in [-0.05, 0) is 41.5 Å². The molecule has 1 amide bonds. The maximum Gasteiger partial charge on any atom is 0.276 e. The number of aromatic nitrogens is 1. The number of hydrogen-bond donors (Lipinski definition) is 1. The summed E-state index contributed by atoms with van der Waals surface area (Å²) in [6, 6.07) is 31.3. The number of pyridine rings is 1. The zero-order valence-corrected chi connectivity index (χ0v) is 22.7. The van der Waals surface area contributed by atoms with Crippen molar-refractivity contribution in [2.45, 2.75) is 12.5 Å². The number of hydrazone groups is 1. The molecule has 1 N–H and O–H groups in total. The number of rotatable bonds is 5. The Morgan fingerprint density at radius 3 is 2.33 bits per heavy atom. The Balaban J connectivity index is 1.53. The summed E-state index contributed by atoms with van der Waals surface area (Å²) >= 11 is 12.8. The molecule has 0 bridgehead atoms. The monoisotopic (exact) mass is 563 g/mol. The molecule has 1 atom stereocenters. The average Bonchev–Trinajstić information content (AvgIpc) is 3.40. The van der Waals surface area contributed by atoms with Gasteiger partial charge in [-0.2, -0.15) is 5.10 Å². The van der Waals surface area contributed by atoms with Gasteiger partial charge in [0.15, 0.2) is 0 Å². The molecular formula is C33H23Cl2N3O2. The Morgan fingerprint density at radius 2 is 1.57 bits per heavy atom. The van der Waals surface area contributed by atoms with Crippen LogP contribution in [0.3, 0.4) is 0 Å². The molecule has 5 nitrogen and oxygen atoms in total. The molecule has 1 unspecified atom stereocenters. The molecule has 1 aromatic heterocycles. The van der Waals surface area contributed by atoms with Gasteiger partial charge in [-0.15, -0.1) is 0 Å². The maximum atomic E-state index is 13.8. The fraction of sp³-hybridized carbons (Fsp3) is 0.0606. The van der Waals surface area contributed by atoms with E-state index in [1.165, 1.54) is 5.01 Å². The Bertz CT molecular complexity index is 1850. The van der Waals surface area contributed by atoms with Gasteiger partial charge >= 0.3 is 0 Å². The molecule has 0 spiro atoms. The van der Waals surface area contributed by atoms with Crippen molar-refractivity contribution < 1.29 is 4.79 Å². The molecule has 0 aliphatic carbocycles. The van der Waals surface area contributed by atoms with Crippen LogP contribution >= 0.6 is 23.2 Å². The van der Waals surface area contributed by atoms with Crippen LogP contribution in [0.25, 0.3) is 28.1 Å². The lowest BCUT2D eigenvalue weighted by molar-refractivity contribution is 0.0742. The van der Waals surface area contributed by atoms with Crippen molar-refractivity contribution in [1.29, 1.82) is 0 Å². The van der Waals surface area contributed by atoms with E-state index in [4.69, 9.17) is 28.3 Å². The van der Waals surface area contributed by atoms with E-state index in [-0.39, 0.29) is 11.5 Å². The van der Waals surface area contributed by atoms with E-state index in [1.54, 1.807) is 36.4 Å². The molecular weight excluding hydrogens is 541 g/mol. The van der Waals surface area contributed by atoms with Gasteiger partial charge in [-0.25, -0.2) is 5.01 Å². The van der Waals surface area contributed by atoms with E-state index < -0.39 is 6.04 Å². The number of halogens is 2. The van der Waals surface area contributed by atoms with Crippen LogP contribution < -0.4 is 5.56 Å². The second-order valence-electron chi connectivity index (χ2n) is 9.48. The Morgan fingerprint density at radius 1 is 0.875 bits per heavy atom. The normalized spacial score (nSPS) is 15.1. The smallest absolute Gasteiger partial charge is 0.276 e. The van der Waals surface area contributed by atoms with Crippen LogP contribution in [0.2, 0.25) is 10.0 Å². The lowest BCUT2D eigenvalue weighted by Gasteiger charge is -2.19. The molecule has 0 radical (unpaired) electrons. The number of hydrogen-bond acceptors (Lipinski definition) is 3. The van der Waals surface area contributed by atoms with Gasteiger partial charge in [0.1, 0.15) is 0 Å². The molecule has 1 aliphatic rings. The maximum absolute atomic E-state index is 13.8.